The normalized spacial score (nSPS) is 26.1. The van der Waals surface area contributed by atoms with Gasteiger partial charge in [0.15, 0.2) is 0 Å². The Hall–Kier alpha value is -0.910. The Morgan fingerprint density at radius 3 is 2.61 bits per heavy atom. The molecule has 2 aliphatic rings. The average Bonchev–Trinajstić information content (AvgIpc) is 2.47. The summed E-state index contributed by atoms with van der Waals surface area (Å²) in [5.41, 5.74) is 0.835. The Balaban J connectivity index is 1.64. The van der Waals surface area contributed by atoms with Gasteiger partial charge in [-0.2, -0.15) is 4.31 Å². The van der Waals surface area contributed by atoms with Crippen molar-refractivity contribution in [3.63, 3.8) is 0 Å². The molecule has 2 saturated heterocycles. The lowest BCUT2D eigenvalue weighted by Gasteiger charge is -2.53. The first-order valence-corrected chi connectivity index (χ1v) is 10.1. The topological polar surface area (TPSA) is 40.6 Å². The van der Waals surface area contributed by atoms with Crippen molar-refractivity contribution in [3.05, 3.63) is 29.8 Å². The quantitative estimate of drug-likeness (QED) is 0.830. The highest BCUT2D eigenvalue weighted by Gasteiger charge is 2.44. The smallest absolute Gasteiger partial charge is 0.243 e. The molecule has 1 aromatic carbocycles. The van der Waals surface area contributed by atoms with Gasteiger partial charge in [-0.15, -0.1) is 0 Å². The molecule has 2 atom stereocenters. The van der Waals surface area contributed by atoms with Crippen LogP contribution < -0.4 is 0 Å². The average molecular weight is 337 g/mol. The molecule has 2 fully saturated rings. The number of aryl methyl sites for hydroxylation is 1. The maximum absolute atomic E-state index is 12.9. The van der Waals surface area contributed by atoms with E-state index in [1.54, 1.807) is 10.4 Å². The minimum absolute atomic E-state index is 0.467. The Morgan fingerprint density at radius 2 is 1.96 bits per heavy atom. The number of fused-ring (bicyclic) bond motifs is 1. The van der Waals surface area contributed by atoms with E-state index in [1.807, 2.05) is 25.1 Å². The summed E-state index contributed by atoms with van der Waals surface area (Å²) >= 11 is 0. The zero-order valence-corrected chi connectivity index (χ0v) is 15.2. The zero-order valence-electron chi connectivity index (χ0n) is 14.4. The van der Waals surface area contributed by atoms with Gasteiger partial charge in [0.1, 0.15) is 0 Å². The molecule has 2 aliphatic heterocycles. The van der Waals surface area contributed by atoms with E-state index in [0.717, 1.165) is 31.0 Å². The first-order valence-electron chi connectivity index (χ1n) is 8.69. The summed E-state index contributed by atoms with van der Waals surface area (Å²) < 4.78 is 27.5. The van der Waals surface area contributed by atoms with Crippen molar-refractivity contribution in [3.8, 4) is 0 Å². The molecule has 4 nitrogen and oxygen atoms in total. The van der Waals surface area contributed by atoms with E-state index in [1.165, 1.54) is 6.42 Å². The number of hydrogen-bond donors (Lipinski definition) is 0. The molecule has 0 aromatic heterocycles. The van der Waals surface area contributed by atoms with Crippen LogP contribution in [0.4, 0.5) is 0 Å². The Bertz CT molecular complexity index is 657. The van der Waals surface area contributed by atoms with Crippen LogP contribution in [0.1, 0.15) is 32.3 Å². The molecule has 5 heteroatoms. The Morgan fingerprint density at radius 1 is 1.22 bits per heavy atom. The molecule has 0 saturated carbocycles. The van der Waals surface area contributed by atoms with Crippen molar-refractivity contribution in [2.75, 3.05) is 26.2 Å². The van der Waals surface area contributed by atoms with Crippen molar-refractivity contribution in [1.29, 1.82) is 0 Å². The summed E-state index contributed by atoms with van der Waals surface area (Å²) in [5, 5.41) is 0. The lowest BCUT2D eigenvalue weighted by Crippen LogP contribution is -2.64. The van der Waals surface area contributed by atoms with E-state index in [2.05, 4.69) is 18.7 Å². The summed E-state index contributed by atoms with van der Waals surface area (Å²) in [6.45, 7) is 9.93. The van der Waals surface area contributed by atoms with Gasteiger partial charge in [0.2, 0.25) is 10.0 Å². The minimum Gasteiger partial charge on any atom is -0.300 e. The highest BCUT2D eigenvalue weighted by molar-refractivity contribution is 7.89. The third-order valence-corrected chi connectivity index (χ3v) is 7.33. The van der Waals surface area contributed by atoms with Crippen LogP contribution in [0.25, 0.3) is 0 Å². The Labute approximate surface area is 140 Å². The lowest BCUT2D eigenvalue weighted by molar-refractivity contribution is -0.0266. The first kappa shape index (κ1) is 16.9. The monoisotopic (exact) mass is 336 g/mol. The van der Waals surface area contributed by atoms with Crippen molar-refractivity contribution >= 4 is 10.0 Å². The van der Waals surface area contributed by atoms with Gasteiger partial charge in [-0.05, 0) is 43.9 Å². The standard InChI is InChI=1S/C18H28N2O2S/c1-14(2)8-10-19-12-16-13-20(11-9-17(16)19)23(21,22)18-7-5-4-6-15(18)3/h4-7,14,16-17H,8-13H2,1-3H3/t16-,17+/m1/s1. The lowest BCUT2D eigenvalue weighted by atomic mass is 9.83. The fourth-order valence-corrected chi connectivity index (χ4v) is 5.57. The first-order chi connectivity index (χ1) is 10.9. The minimum atomic E-state index is -3.34. The highest BCUT2D eigenvalue weighted by Crippen LogP contribution is 2.35. The van der Waals surface area contributed by atoms with Crippen molar-refractivity contribution in [2.24, 2.45) is 11.8 Å². The fourth-order valence-electron chi connectivity index (χ4n) is 3.83. The molecule has 1 aromatic rings. The summed E-state index contributed by atoms with van der Waals surface area (Å²) in [7, 11) is -3.34. The zero-order chi connectivity index (χ0) is 16.6. The van der Waals surface area contributed by atoms with Crippen molar-refractivity contribution < 1.29 is 8.42 Å². The van der Waals surface area contributed by atoms with Gasteiger partial charge >= 0.3 is 0 Å². The third-order valence-electron chi connectivity index (χ3n) is 5.30. The number of piperidine rings is 1. The van der Waals surface area contributed by atoms with E-state index in [4.69, 9.17) is 0 Å². The number of sulfonamides is 1. The van der Waals surface area contributed by atoms with Gasteiger partial charge in [0.05, 0.1) is 4.90 Å². The largest absolute Gasteiger partial charge is 0.300 e. The number of likely N-dealkylation sites (tertiary alicyclic amines) is 1. The molecule has 0 spiro atoms. The van der Waals surface area contributed by atoms with Crippen LogP contribution in [0.2, 0.25) is 0 Å². The van der Waals surface area contributed by atoms with E-state index in [9.17, 15) is 8.42 Å². The van der Waals surface area contributed by atoms with E-state index in [-0.39, 0.29) is 0 Å². The molecule has 0 unspecified atom stereocenters. The summed E-state index contributed by atoms with van der Waals surface area (Å²) in [4.78, 5) is 3.01. The maximum Gasteiger partial charge on any atom is 0.243 e. The molecule has 23 heavy (non-hydrogen) atoms. The van der Waals surface area contributed by atoms with Gasteiger partial charge < -0.3 is 0 Å². The molecule has 0 bridgehead atoms. The summed E-state index contributed by atoms with van der Waals surface area (Å²) in [6.07, 6.45) is 2.20. The number of benzene rings is 1. The van der Waals surface area contributed by atoms with Crippen LogP contribution in [0.3, 0.4) is 0 Å². The number of hydrogen-bond acceptors (Lipinski definition) is 3. The van der Waals surface area contributed by atoms with Crippen LogP contribution in [0, 0.1) is 18.8 Å². The number of nitrogens with zero attached hydrogens (tertiary/aromatic N) is 2. The molecule has 0 amide bonds. The third kappa shape index (κ3) is 3.32. The molecule has 3 rings (SSSR count). The van der Waals surface area contributed by atoms with Crippen molar-refractivity contribution in [1.82, 2.24) is 9.21 Å². The maximum atomic E-state index is 12.9. The second kappa shape index (κ2) is 6.54. The van der Waals surface area contributed by atoms with Gasteiger partial charge in [0, 0.05) is 31.6 Å². The van der Waals surface area contributed by atoms with Gasteiger partial charge in [-0.25, -0.2) is 8.42 Å². The molecule has 0 aliphatic carbocycles. The summed E-state index contributed by atoms with van der Waals surface area (Å²) in [6, 6.07) is 7.89. The van der Waals surface area contributed by atoms with Gasteiger partial charge in [-0.3, -0.25) is 4.90 Å². The van der Waals surface area contributed by atoms with Crippen LogP contribution in [0.15, 0.2) is 29.2 Å². The molecule has 0 radical (unpaired) electrons. The molecule has 128 valence electrons. The van der Waals surface area contributed by atoms with Crippen LogP contribution in [-0.2, 0) is 10.0 Å². The Kier molecular flexibility index (Phi) is 4.81. The molecule has 2 heterocycles. The second-order valence-corrected chi connectivity index (χ2v) is 9.33. The molecular formula is C18H28N2O2S. The van der Waals surface area contributed by atoms with E-state index in [0.29, 0.717) is 29.9 Å². The van der Waals surface area contributed by atoms with Crippen molar-refractivity contribution in [2.45, 2.75) is 44.6 Å². The van der Waals surface area contributed by atoms with Gasteiger partial charge in [0.25, 0.3) is 0 Å². The van der Waals surface area contributed by atoms with Crippen LogP contribution in [0.5, 0.6) is 0 Å². The highest BCUT2D eigenvalue weighted by atomic mass is 32.2. The SMILES string of the molecule is Cc1ccccc1S(=O)(=O)N1CC[C@H]2[C@H](CN2CCC(C)C)C1. The fraction of sp³-hybridized carbons (Fsp3) is 0.667. The van der Waals surface area contributed by atoms with Crippen LogP contribution in [-0.4, -0.2) is 49.8 Å². The van der Waals surface area contributed by atoms with Gasteiger partial charge in [-0.1, -0.05) is 32.0 Å². The molecular weight excluding hydrogens is 308 g/mol. The van der Waals surface area contributed by atoms with E-state index >= 15 is 0 Å². The van der Waals surface area contributed by atoms with E-state index < -0.39 is 10.0 Å². The number of rotatable bonds is 5. The summed E-state index contributed by atoms with van der Waals surface area (Å²) in [5.74, 6) is 1.24. The predicted octanol–water partition coefficient (Wildman–Crippen LogP) is 2.74. The van der Waals surface area contributed by atoms with Crippen LogP contribution >= 0.6 is 0 Å². The predicted molar refractivity (Wildman–Crippen MR) is 92.9 cm³/mol. The second-order valence-electron chi connectivity index (χ2n) is 7.42. The molecule has 0 N–H and O–H groups in total.